The number of carbonyl (C=O) groups is 1. The molecule has 0 saturated carbocycles. The number of ether oxygens (including phenoxy) is 1. The van der Waals surface area contributed by atoms with Crippen LogP contribution in [0.25, 0.3) is 22.2 Å². The first-order chi connectivity index (χ1) is 17.7. The third kappa shape index (κ3) is 4.66. The van der Waals surface area contributed by atoms with Crippen LogP contribution in [0.4, 0.5) is 17.1 Å². The van der Waals surface area contributed by atoms with E-state index in [9.17, 15) is 4.79 Å². The lowest BCUT2D eigenvalue weighted by molar-refractivity contribution is -0.140. The molecular weight excluding hydrogens is 452 g/mol. The van der Waals surface area contributed by atoms with Gasteiger partial charge < -0.3 is 24.3 Å². The van der Waals surface area contributed by atoms with Crippen molar-refractivity contribution in [3.63, 3.8) is 0 Å². The zero-order chi connectivity index (χ0) is 24.3. The number of carbonyl (C=O) groups excluding carboxylic acids is 1. The van der Waals surface area contributed by atoms with E-state index in [-0.39, 0.29) is 5.92 Å². The van der Waals surface area contributed by atoms with E-state index in [1.54, 1.807) is 12.5 Å². The summed E-state index contributed by atoms with van der Waals surface area (Å²) in [6.45, 7) is 4.60. The monoisotopic (exact) mass is 482 g/mol. The van der Waals surface area contributed by atoms with Crippen LogP contribution < -0.4 is 10.2 Å². The van der Waals surface area contributed by atoms with Gasteiger partial charge in [-0.05, 0) is 61.4 Å². The van der Waals surface area contributed by atoms with Gasteiger partial charge in [0.25, 0.3) is 0 Å². The fraction of sp³-hybridized carbons (Fsp3) is 0.310. The lowest BCUT2D eigenvalue weighted by Gasteiger charge is -2.36. The molecule has 2 fully saturated rings. The number of fused-ring (bicyclic) bond motifs is 1. The number of hydrogen-bond donors (Lipinski definition) is 1. The van der Waals surface area contributed by atoms with Crippen LogP contribution in [0.2, 0.25) is 0 Å². The molecule has 0 radical (unpaired) electrons. The molecule has 0 spiro atoms. The Morgan fingerprint density at radius 1 is 0.861 bits per heavy atom. The number of piperidine rings is 1. The Hall–Kier alpha value is -3.84. The molecule has 2 aliphatic heterocycles. The molecule has 36 heavy (non-hydrogen) atoms. The lowest BCUT2D eigenvalue weighted by Crippen LogP contribution is -2.46. The third-order valence-corrected chi connectivity index (χ3v) is 7.23. The van der Waals surface area contributed by atoms with Crippen molar-refractivity contribution in [1.82, 2.24) is 9.88 Å². The minimum atomic E-state index is 0.138. The molecule has 0 atom stereocenters. The molecule has 0 unspecified atom stereocenters. The van der Waals surface area contributed by atoms with Gasteiger partial charge >= 0.3 is 0 Å². The second-order valence-electron chi connectivity index (χ2n) is 9.44. The molecular formula is C29H30N4O3. The zero-order valence-electron chi connectivity index (χ0n) is 20.2. The maximum absolute atomic E-state index is 12.8. The summed E-state index contributed by atoms with van der Waals surface area (Å²) in [6, 6.07) is 20.7. The van der Waals surface area contributed by atoms with Crippen LogP contribution in [0.3, 0.4) is 0 Å². The second kappa shape index (κ2) is 10.0. The largest absolute Gasteiger partial charge is 0.464 e. The number of hydrogen-bond acceptors (Lipinski definition) is 6. The summed E-state index contributed by atoms with van der Waals surface area (Å²) < 4.78 is 10.9. The van der Waals surface area contributed by atoms with Crippen LogP contribution in [-0.4, -0.2) is 55.2 Å². The Bertz CT molecular complexity index is 1320. The minimum Gasteiger partial charge on any atom is -0.464 e. The maximum atomic E-state index is 12.8. The number of morpholine rings is 1. The topological polar surface area (TPSA) is 70.8 Å². The highest BCUT2D eigenvalue weighted by molar-refractivity contribution is 5.91. The SMILES string of the molecule is O=C(C1CCN(c2ccc(Nc3ccc(-c4nccc5occc45)cc3)cc2)CC1)N1CCOCC1. The lowest BCUT2D eigenvalue weighted by atomic mass is 9.94. The van der Waals surface area contributed by atoms with E-state index >= 15 is 0 Å². The van der Waals surface area contributed by atoms with Crippen LogP contribution in [0.5, 0.6) is 0 Å². The second-order valence-corrected chi connectivity index (χ2v) is 9.44. The molecule has 0 aliphatic carbocycles. The van der Waals surface area contributed by atoms with Crippen LogP contribution in [0, 0.1) is 5.92 Å². The molecule has 2 saturated heterocycles. The van der Waals surface area contributed by atoms with Crippen molar-refractivity contribution in [2.24, 2.45) is 5.92 Å². The molecule has 4 heterocycles. The Morgan fingerprint density at radius 3 is 2.28 bits per heavy atom. The maximum Gasteiger partial charge on any atom is 0.225 e. The van der Waals surface area contributed by atoms with Crippen LogP contribution in [0.1, 0.15) is 12.8 Å². The summed E-state index contributed by atoms with van der Waals surface area (Å²) in [7, 11) is 0. The summed E-state index contributed by atoms with van der Waals surface area (Å²) in [5, 5.41) is 4.50. The minimum absolute atomic E-state index is 0.138. The average molecular weight is 483 g/mol. The molecule has 2 aliphatic rings. The van der Waals surface area contributed by atoms with Gasteiger partial charge in [0.15, 0.2) is 0 Å². The van der Waals surface area contributed by atoms with E-state index in [4.69, 9.17) is 9.15 Å². The molecule has 184 valence electrons. The smallest absolute Gasteiger partial charge is 0.225 e. The van der Waals surface area contributed by atoms with Crippen molar-refractivity contribution < 1.29 is 13.9 Å². The highest BCUT2D eigenvalue weighted by atomic mass is 16.5. The summed E-state index contributed by atoms with van der Waals surface area (Å²) in [6.07, 6.45) is 5.29. The van der Waals surface area contributed by atoms with Gasteiger partial charge in [-0.25, -0.2) is 0 Å². The Balaban J connectivity index is 1.05. The van der Waals surface area contributed by atoms with Crippen molar-refractivity contribution in [3.05, 3.63) is 73.1 Å². The predicted octanol–water partition coefficient (Wildman–Crippen LogP) is 5.31. The third-order valence-electron chi connectivity index (χ3n) is 7.23. The number of benzene rings is 2. The van der Waals surface area contributed by atoms with Crippen LogP contribution in [0.15, 0.2) is 77.5 Å². The summed E-state index contributed by atoms with van der Waals surface area (Å²) in [4.78, 5) is 21.7. The first kappa shape index (κ1) is 22.6. The molecule has 7 heteroatoms. The molecule has 4 aromatic rings. The number of nitrogens with zero attached hydrogens (tertiary/aromatic N) is 3. The van der Waals surface area contributed by atoms with E-state index in [0.717, 1.165) is 72.6 Å². The number of rotatable bonds is 5. The van der Waals surface area contributed by atoms with Gasteiger partial charge in [0.05, 0.1) is 25.2 Å². The first-order valence-corrected chi connectivity index (χ1v) is 12.7. The Morgan fingerprint density at radius 2 is 1.56 bits per heavy atom. The molecule has 2 aromatic heterocycles. The first-order valence-electron chi connectivity index (χ1n) is 12.7. The van der Waals surface area contributed by atoms with Gasteiger partial charge in [0, 0.05) is 66.3 Å². The quantitative estimate of drug-likeness (QED) is 0.416. The van der Waals surface area contributed by atoms with E-state index in [2.05, 4.69) is 63.7 Å². The van der Waals surface area contributed by atoms with E-state index < -0.39 is 0 Å². The molecule has 1 amide bonds. The van der Waals surface area contributed by atoms with Crippen molar-refractivity contribution in [2.45, 2.75) is 12.8 Å². The molecule has 2 aromatic carbocycles. The van der Waals surface area contributed by atoms with Gasteiger partial charge in [-0.1, -0.05) is 12.1 Å². The van der Waals surface area contributed by atoms with Gasteiger partial charge in [0.2, 0.25) is 5.91 Å². The van der Waals surface area contributed by atoms with Gasteiger partial charge in [0.1, 0.15) is 5.58 Å². The predicted molar refractivity (Wildman–Crippen MR) is 142 cm³/mol. The number of aromatic nitrogens is 1. The standard InChI is InChI=1S/C29H30N4O3/c34-29(33-16-19-35-20-17-33)22-10-14-32(15-11-22)25-7-5-24(6-8-25)31-23-3-1-21(2-4-23)28-26-12-18-36-27(26)9-13-30-28/h1-9,12-13,18,22,31H,10-11,14-17,19-20H2. The normalized spacial score (nSPS) is 16.9. The number of amides is 1. The summed E-state index contributed by atoms with van der Waals surface area (Å²) in [5.41, 5.74) is 6.08. The zero-order valence-corrected chi connectivity index (χ0v) is 20.2. The van der Waals surface area contributed by atoms with Crippen LogP contribution in [-0.2, 0) is 9.53 Å². The molecule has 7 nitrogen and oxygen atoms in total. The average Bonchev–Trinajstić information content (AvgIpc) is 3.44. The van der Waals surface area contributed by atoms with E-state index in [0.29, 0.717) is 19.1 Å². The number of pyridine rings is 1. The van der Waals surface area contributed by atoms with Crippen LogP contribution >= 0.6 is 0 Å². The fourth-order valence-electron chi connectivity index (χ4n) is 5.19. The summed E-state index contributed by atoms with van der Waals surface area (Å²) in [5.74, 6) is 0.444. The molecule has 1 N–H and O–H groups in total. The van der Waals surface area contributed by atoms with Crippen molar-refractivity contribution >= 4 is 33.9 Å². The summed E-state index contributed by atoms with van der Waals surface area (Å²) >= 11 is 0. The van der Waals surface area contributed by atoms with E-state index in [1.807, 2.05) is 17.0 Å². The van der Waals surface area contributed by atoms with Crippen molar-refractivity contribution in [2.75, 3.05) is 49.6 Å². The Labute approximate surface area is 210 Å². The fourth-order valence-corrected chi connectivity index (χ4v) is 5.19. The van der Waals surface area contributed by atoms with Gasteiger partial charge in [-0.3, -0.25) is 9.78 Å². The highest BCUT2D eigenvalue weighted by Gasteiger charge is 2.29. The molecule has 0 bridgehead atoms. The highest BCUT2D eigenvalue weighted by Crippen LogP contribution is 2.30. The molecule has 6 rings (SSSR count). The van der Waals surface area contributed by atoms with Crippen molar-refractivity contribution in [3.8, 4) is 11.3 Å². The number of nitrogens with one attached hydrogen (secondary N) is 1. The van der Waals surface area contributed by atoms with Crippen molar-refractivity contribution in [1.29, 1.82) is 0 Å². The number of furan rings is 1. The number of anilines is 3. The Kier molecular flexibility index (Phi) is 6.30. The van der Waals surface area contributed by atoms with Gasteiger partial charge in [-0.15, -0.1) is 0 Å². The van der Waals surface area contributed by atoms with Gasteiger partial charge in [-0.2, -0.15) is 0 Å². The van der Waals surface area contributed by atoms with E-state index in [1.165, 1.54) is 5.69 Å².